The van der Waals surface area contributed by atoms with E-state index in [0.717, 1.165) is 35.4 Å². The summed E-state index contributed by atoms with van der Waals surface area (Å²) in [5.74, 6) is -0.610. The summed E-state index contributed by atoms with van der Waals surface area (Å²) in [7, 11) is 0. The first-order valence-corrected chi connectivity index (χ1v) is 13.7. The Morgan fingerprint density at radius 1 is 0.805 bits per heavy atom. The Morgan fingerprint density at radius 3 is 2.17 bits per heavy atom. The number of ketones is 1. The van der Waals surface area contributed by atoms with E-state index in [1.807, 2.05) is 43.3 Å². The van der Waals surface area contributed by atoms with Crippen LogP contribution in [0.1, 0.15) is 58.5 Å². The zero-order chi connectivity index (χ0) is 29.0. The highest BCUT2D eigenvalue weighted by Gasteiger charge is 2.34. The average molecular weight is 560 g/mol. The highest BCUT2D eigenvalue weighted by atomic mass is 16.5. The van der Waals surface area contributed by atoms with Crippen LogP contribution >= 0.6 is 0 Å². The Bertz CT molecular complexity index is 1340. The van der Waals surface area contributed by atoms with Gasteiger partial charge in [-0.3, -0.25) is 24.1 Å². The number of carbonyl (C=O) groups is 4. The van der Waals surface area contributed by atoms with Crippen molar-refractivity contribution in [3.05, 3.63) is 77.5 Å². The van der Waals surface area contributed by atoms with Gasteiger partial charge in [0.1, 0.15) is 13.0 Å². The molecule has 0 spiro atoms. The van der Waals surface area contributed by atoms with Crippen molar-refractivity contribution in [2.45, 2.75) is 39.0 Å². The molecule has 1 aliphatic rings. The number of nitrogens with zero attached hydrogens (tertiary/aromatic N) is 3. The standard InChI is InChI=1S/C31H33N3O7/c1-22-19-27(33-29(32-22)23-11-5-4-6-12-23)40-16-9-2-3-10-17-41-28(36)20-24(35)21-39-18-15-34-30(37)25-13-7-8-14-26(25)31(34)38/h4-8,11-14,19H,2-3,9-10,15-18,20-21H2,1H3. The maximum atomic E-state index is 12.3. The molecule has 0 atom stereocenters. The fraction of sp³-hybridized carbons (Fsp3) is 0.355. The van der Waals surface area contributed by atoms with Gasteiger partial charge in [-0.25, -0.2) is 4.98 Å². The smallest absolute Gasteiger partial charge is 0.313 e. The van der Waals surface area contributed by atoms with Crippen LogP contribution in [0.15, 0.2) is 60.7 Å². The van der Waals surface area contributed by atoms with Crippen LogP contribution in [0.5, 0.6) is 5.88 Å². The van der Waals surface area contributed by atoms with E-state index in [0.29, 0.717) is 35.9 Å². The molecule has 0 radical (unpaired) electrons. The molecule has 0 bridgehead atoms. The number of aryl methyl sites for hydroxylation is 1. The molecule has 10 heteroatoms. The van der Waals surface area contributed by atoms with E-state index in [1.54, 1.807) is 24.3 Å². The lowest BCUT2D eigenvalue weighted by molar-refractivity contribution is -0.147. The van der Waals surface area contributed by atoms with Crippen LogP contribution < -0.4 is 4.74 Å². The Labute approximate surface area is 238 Å². The van der Waals surface area contributed by atoms with Crippen molar-refractivity contribution in [2.75, 3.05) is 33.0 Å². The maximum absolute atomic E-state index is 12.3. The molecule has 0 N–H and O–H groups in total. The summed E-state index contributed by atoms with van der Waals surface area (Å²) in [6.07, 6.45) is 2.87. The minimum Gasteiger partial charge on any atom is -0.478 e. The van der Waals surface area contributed by atoms with Crippen molar-refractivity contribution in [2.24, 2.45) is 0 Å². The summed E-state index contributed by atoms with van der Waals surface area (Å²) in [6, 6.07) is 18.2. The minimum atomic E-state index is -0.601. The van der Waals surface area contributed by atoms with Crippen molar-refractivity contribution < 1.29 is 33.4 Å². The number of hydrogen-bond acceptors (Lipinski definition) is 9. The fourth-order valence-electron chi connectivity index (χ4n) is 4.30. The molecule has 0 aliphatic carbocycles. The van der Waals surface area contributed by atoms with Gasteiger partial charge < -0.3 is 14.2 Å². The third kappa shape index (κ3) is 8.52. The van der Waals surface area contributed by atoms with Gasteiger partial charge in [-0.1, -0.05) is 42.5 Å². The number of Topliss-reactive ketones (excluding diaryl/α,β-unsaturated/α-hetero) is 1. The molecule has 41 heavy (non-hydrogen) atoms. The van der Waals surface area contributed by atoms with Gasteiger partial charge in [0.05, 0.1) is 37.5 Å². The van der Waals surface area contributed by atoms with E-state index in [1.165, 1.54) is 0 Å². The lowest BCUT2D eigenvalue weighted by atomic mass is 10.1. The Morgan fingerprint density at radius 2 is 1.46 bits per heavy atom. The molecule has 1 aromatic heterocycles. The van der Waals surface area contributed by atoms with Crippen LogP contribution in [0.4, 0.5) is 0 Å². The normalized spacial score (nSPS) is 12.4. The molecular formula is C31H33N3O7. The van der Waals surface area contributed by atoms with E-state index >= 15 is 0 Å². The van der Waals surface area contributed by atoms with Crippen molar-refractivity contribution >= 4 is 23.6 Å². The summed E-state index contributed by atoms with van der Waals surface area (Å²) < 4.78 is 16.2. The Kier molecular flexibility index (Phi) is 10.7. The van der Waals surface area contributed by atoms with E-state index in [9.17, 15) is 19.2 Å². The van der Waals surface area contributed by atoms with Crippen LogP contribution in [0.2, 0.25) is 0 Å². The summed E-state index contributed by atoms with van der Waals surface area (Å²) >= 11 is 0. The quantitative estimate of drug-likeness (QED) is 0.110. The first-order chi connectivity index (χ1) is 19.9. The number of imide groups is 1. The van der Waals surface area contributed by atoms with E-state index in [-0.39, 0.29) is 44.6 Å². The molecule has 1 aliphatic heterocycles. The molecule has 3 aromatic rings. The molecule has 0 unspecified atom stereocenters. The van der Waals surface area contributed by atoms with Crippen LogP contribution in [-0.4, -0.2) is 71.4 Å². The third-order valence-electron chi connectivity index (χ3n) is 6.36. The number of ether oxygens (including phenoxy) is 3. The second-order valence-corrected chi connectivity index (χ2v) is 9.60. The van der Waals surface area contributed by atoms with E-state index in [2.05, 4.69) is 9.97 Å². The summed E-state index contributed by atoms with van der Waals surface area (Å²) in [4.78, 5) is 58.6. The van der Waals surface area contributed by atoms with Gasteiger partial charge in [0.25, 0.3) is 11.8 Å². The molecule has 2 heterocycles. The first-order valence-electron chi connectivity index (χ1n) is 13.7. The van der Waals surface area contributed by atoms with Gasteiger partial charge in [-0.15, -0.1) is 0 Å². The van der Waals surface area contributed by atoms with Crippen molar-refractivity contribution in [3.63, 3.8) is 0 Å². The number of amides is 2. The zero-order valence-corrected chi connectivity index (χ0v) is 23.0. The second-order valence-electron chi connectivity index (χ2n) is 9.60. The molecular weight excluding hydrogens is 526 g/mol. The minimum absolute atomic E-state index is 0.000982. The number of unbranched alkanes of at least 4 members (excludes halogenated alkanes) is 3. The topological polar surface area (TPSA) is 125 Å². The molecule has 0 saturated heterocycles. The zero-order valence-electron chi connectivity index (χ0n) is 23.0. The van der Waals surface area contributed by atoms with Crippen LogP contribution in [0.25, 0.3) is 11.4 Å². The number of aromatic nitrogens is 2. The SMILES string of the molecule is Cc1cc(OCCCCCCOC(=O)CC(=O)COCCN2C(=O)c3ccccc3C2=O)nc(-c2ccccc2)n1. The van der Waals surface area contributed by atoms with Gasteiger partial charge in [0, 0.05) is 17.3 Å². The monoisotopic (exact) mass is 559 g/mol. The van der Waals surface area contributed by atoms with Crippen LogP contribution in [0, 0.1) is 6.92 Å². The number of fused-ring (bicyclic) bond motifs is 1. The number of benzene rings is 2. The van der Waals surface area contributed by atoms with Gasteiger partial charge in [0.2, 0.25) is 5.88 Å². The molecule has 0 saturated carbocycles. The van der Waals surface area contributed by atoms with Crippen molar-refractivity contribution in [3.8, 4) is 17.3 Å². The molecule has 10 nitrogen and oxygen atoms in total. The molecule has 0 fully saturated rings. The third-order valence-corrected chi connectivity index (χ3v) is 6.36. The number of carbonyl (C=O) groups excluding carboxylic acids is 4. The summed E-state index contributed by atoms with van der Waals surface area (Å²) in [5, 5.41) is 0. The lowest BCUT2D eigenvalue weighted by Gasteiger charge is -2.13. The Balaban J connectivity index is 1.02. The lowest BCUT2D eigenvalue weighted by Crippen LogP contribution is -2.33. The van der Waals surface area contributed by atoms with Gasteiger partial charge in [-0.2, -0.15) is 4.98 Å². The predicted octanol–water partition coefficient (Wildman–Crippen LogP) is 4.21. The van der Waals surface area contributed by atoms with Gasteiger partial charge in [0.15, 0.2) is 11.6 Å². The highest BCUT2D eigenvalue weighted by Crippen LogP contribution is 2.22. The second kappa shape index (κ2) is 14.8. The highest BCUT2D eigenvalue weighted by molar-refractivity contribution is 6.21. The average Bonchev–Trinajstić information content (AvgIpc) is 3.21. The molecule has 2 amide bonds. The summed E-state index contributed by atoms with van der Waals surface area (Å²) in [6.45, 7) is 2.40. The van der Waals surface area contributed by atoms with Gasteiger partial charge >= 0.3 is 5.97 Å². The largest absolute Gasteiger partial charge is 0.478 e. The summed E-state index contributed by atoms with van der Waals surface area (Å²) in [5.41, 5.74) is 2.49. The maximum Gasteiger partial charge on any atom is 0.313 e. The van der Waals surface area contributed by atoms with Crippen molar-refractivity contribution in [1.29, 1.82) is 0 Å². The van der Waals surface area contributed by atoms with E-state index in [4.69, 9.17) is 14.2 Å². The number of esters is 1. The first kappa shape index (κ1) is 29.5. The van der Waals surface area contributed by atoms with Crippen LogP contribution in [0.3, 0.4) is 0 Å². The molecule has 214 valence electrons. The van der Waals surface area contributed by atoms with Crippen molar-refractivity contribution in [1.82, 2.24) is 14.9 Å². The number of rotatable bonds is 16. The predicted molar refractivity (Wildman–Crippen MR) is 149 cm³/mol. The Hall–Kier alpha value is -4.44. The number of hydrogen-bond donors (Lipinski definition) is 0. The molecule has 4 rings (SSSR count). The van der Waals surface area contributed by atoms with Crippen LogP contribution in [-0.2, 0) is 19.1 Å². The van der Waals surface area contributed by atoms with E-state index < -0.39 is 11.8 Å². The van der Waals surface area contributed by atoms with Gasteiger partial charge in [-0.05, 0) is 44.7 Å². The molecule has 2 aromatic carbocycles. The fourth-order valence-corrected chi connectivity index (χ4v) is 4.30.